The van der Waals surface area contributed by atoms with Gasteiger partial charge in [-0.1, -0.05) is 0 Å². The van der Waals surface area contributed by atoms with Crippen molar-refractivity contribution in [2.75, 3.05) is 30.8 Å². The lowest BCUT2D eigenvalue weighted by molar-refractivity contribution is 0.0893. The summed E-state index contributed by atoms with van der Waals surface area (Å²) < 4.78 is 5.39. The van der Waals surface area contributed by atoms with Crippen LogP contribution in [0.5, 0.6) is 0 Å². The summed E-state index contributed by atoms with van der Waals surface area (Å²) in [5.74, 6) is -0.457. The highest BCUT2D eigenvalue weighted by Gasteiger charge is 2.21. The molecule has 5 nitrogen and oxygen atoms in total. The van der Waals surface area contributed by atoms with Crippen molar-refractivity contribution in [2.24, 2.45) is 5.73 Å². The van der Waals surface area contributed by atoms with Crippen molar-refractivity contribution in [3.63, 3.8) is 0 Å². The number of benzene rings is 1. The van der Waals surface area contributed by atoms with Crippen LogP contribution in [-0.2, 0) is 4.74 Å². The van der Waals surface area contributed by atoms with E-state index in [0.29, 0.717) is 11.3 Å². The highest BCUT2D eigenvalue weighted by Crippen LogP contribution is 2.27. The van der Waals surface area contributed by atoms with Gasteiger partial charge >= 0.3 is 0 Å². The van der Waals surface area contributed by atoms with Crippen LogP contribution in [0.1, 0.15) is 23.2 Å². The molecule has 1 aliphatic heterocycles. The topological polar surface area (TPSA) is 81.6 Å². The molecule has 1 unspecified atom stereocenters. The van der Waals surface area contributed by atoms with E-state index in [4.69, 9.17) is 16.2 Å². The van der Waals surface area contributed by atoms with Crippen molar-refractivity contribution in [3.8, 4) is 0 Å². The summed E-state index contributed by atoms with van der Waals surface area (Å²) >= 11 is 0. The Bertz CT molecular complexity index is 448. The predicted octanol–water partition coefficient (Wildman–Crippen LogP) is 0.983. The molecule has 18 heavy (non-hydrogen) atoms. The second-order valence-corrected chi connectivity index (χ2v) is 4.58. The molecule has 1 aliphatic rings. The summed E-state index contributed by atoms with van der Waals surface area (Å²) in [6.45, 7) is 1.79. The van der Waals surface area contributed by atoms with Crippen LogP contribution in [0.3, 0.4) is 0 Å². The van der Waals surface area contributed by atoms with E-state index in [1.165, 1.54) is 0 Å². The molecule has 1 heterocycles. The quantitative estimate of drug-likeness (QED) is 0.782. The van der Waals surface area contributed by atoms with E-state index in [1.54, 1.807) is 19.2 Å². The molecule has 0 saturated carbocycles. The minimum atomic E-state index is -0.457. The number of carbonyl (C=O) groups is 1. The van der Waals surface area contributed by atoms with E-state index in [-0.39, 0.29) is 6.10 Å². The molecule has 1 saturated heterocycles. The van der Waals surface area contributed by atoms with Crippen molar-refractivity contribution in [1.29, 1.82) is 0 Å². The summed E-state index contributed by atoms with van der Waals surface area (Å²) in [6.07, 6.45) is 2.40. The highest BCUT2D eigenvalue weighted by atomic mass is 16.5. The first kappa shape index (κ1) is 12.7. The zero-order chi connectivity index (χ0) is 13.1. The van der Waals surface area contributed by atoms with Crippen molar-refractivity contribution in [2.45, 2.75) is 18.9 Å². The van der Waals surface area contributed by atoms with Crippen molar-refractivity contribution in [1.82, 2.24) is 0 Å². The summed E-state index contributed by atoms with van der Waals surface area (Å²) in [6, 6.07) is 5.20. The normalized spacial score (nSPS) is 19.8. The summed E-state index contributed by atoms with van der Waals surface area (Å²) in [5, 5.41) is 0. The van der Waals surface area contributed by atoms with Crippen LogP contribution >= 0.6 is 0 Å². The zero-order valence-electron chi connectivity index (χ0n) is 10.6. The largest absolute Gasteiger partial charge is 0.397 e. The van der Waals surface area contributed by atoms with Gasteiger partial charge in [-0.15, -0.1) is 0 Å². The van der Waals surface area contributed by atoms with Gasteiger partial charge in [0.2, 0.25) is 5.91 Å². The van der Waals surface area contributed by atoms with Gasteiger partial charge in [-0.2, -0.15) is 0 Å². The van der Waals surface area contributed by atoms with E-state index >= 15 is 0 Å². The number of carbonyl (C=O) groups excluding carboxylic acids is 1. The number of nitrogens with zero attached hydrogens (tertiary/aromatic N) is 1. The molecule has 4 N–H and O–H groups in total. The molecule has 0 aliphatic carbocycles. The maximum atomic E-state index is 11.1. The molecule has 0 radical (unpaired) electrons. The van der Waals surface area contributed by atoms with Crippen LogP contribution in [0.25, 0.3) is 0 Å². The third kappa shape index (κ3) is 2.56. The molecule has 2 rings (SSSR count). The lowest BCUT2D eigenvalue weighted by Crippen LogP contribution is -2.39. The second kappa shape index (κ2) is 5.27. The Labute approximate surface area is 107 Å². The SMILES string of the molecule is COC1CCCN(c2ccc(C(N)=O)cc2N)C1. The number of amides is 1. The van der Waals surface area contributed by atoms with E-state index in [0.717, 1.165) is 31.6 Å². The number of nitrogens with two attached hydrogens (primary N) is 2. The summed E-state index contributed by atoms with van der Waals surface area (Å²) in [5.41, 5.74) is 13.2. The van der Waals surface area contributed by atoms with Gasteiger partial charge in [0.05, 0.1) is 17.5 Å². The number of anilines is 2. The van der Waals surface area contributed by atoms with E-state index in [2.05, 4.69) is 4.90 Å². The van der Waals surface area contributed by atoms with Crippen LogP contribution in [0.15, 0.2) is 18.2 Å². The zero-order valence-corrected chi connectivity index (χ0v) is 10.6. The Hall–Kier alpha value is -1.75. The molecular weight excluding hydrogens is 230 g/mol. The Morgan fingerprint density at radius 2 is 2.28 bits per heavy atom. The number of nitrogen functional groups attached to an aromatic ring is 1. The van der Waals surface area contributed by atoms with Crippen molar-refractivity contribution in [3.05, 3.63) is 23.8 Å². The molecule has 1 aromatic rings. The van der Waals surface area contributed by atoms with Crippen LogP contribution in [-0.4, -0.2) is 32.2 Å². The first-order valence-corrected chi connectivity index (χ1v) is 6.09. The number of primary amides is 1. The molecular formula is C13H19N3O2. The van der Waals surface area contributed by atoms with E-state index in [1.807, 2.05) is 6.07 Å². The molecule has 1 amide bonds. The maximum Gasteiger partial charge on any atom is 0.248 e. The Morgan fingerprint density at radius 3 is 2.89 bits per heavy atom. The molecule has 0 aromatic heterocycles. The van der Waals surface area contributed by atoms with Gasteiger partial charge in [-0.05, 0) is 31.0 Å². The molecule has 98 valence electrons. The van der Waals surface area contributed by atoms with Gasteiger partial charge in [-0.25, -0.2) is 0 Å². The van der Waals surface area contributed by atoms with Crippen molar-refractivity contribution < 1.29 is 9.53 Å². The Kier molecular flexibility index (Phi) is 3.72. The van der Waals surface area contributed by atoms with Crippen LogP contribution in [0.4, 0.5) is 11.4 Å². The first-order valence-electron chi connectivity index (χ1n) is 6.09. The van der Waals surface area contributed by atoms with Crippen LogP contribution < -0.4 is 16.4 Å². The number of hydrogen-bond donors (Lipinski definition) is 2. The van der Waals surface area contributed by atoms with Crippen LogP contribution in [0, 0.1) is 0 Å². The Morgan fingerprint density at radius 1 is 1.50 bits per heavy atom. The van der Waals surface area contributed by atoms with Gasteiger partial charge in [-0.3, -0.25) is 4.79 Å². The fourth-order valence-corrected chi connectivity index (χ4v) is 2.35. The standard InChI is InChI=1S/C13H19N3O2/c1-18-10-3-2-6-16(8-10)12-5-4-9(13(15)17)7-11(12)14/h4-5,7,10H,2-3,6,8,14H2,1H3,(H2,15,17). The fraction of sp³-hybridized carbons (Fsp3) is 0.462. The lowest BCUT2D eigenvalue weighted by atomic mass is 10.1. The van der Waals surface area contributed by atoms with Gasteiger partial charge < -0.3 is 21.1 Å². The molecule has 1 atom stereocenters. The third-order valence-corrected chi connectivity index (χ3v) is 3.36. The number of ether oxygens (including phenoxy) is 1. The number of hydrogen-bond acceptors (Lipinski definition) is 4. The second-order valence-electron chi connectivity index (χ2n) is 4.58. The van der Waals surface area contributed by atoms with Crippen molar-refractivity contribution >= 4 is 17.3 Å². The summed E-state index contributed by atoms with van der Waals surface area (Å²) in [7, 11) is 1.73. The monoisotopic (exact) mass is 249 g/mol. The minimum Gasteiger partial charge on any atom is -0.397 e. The average molecular weight is 249 g/mol. The number of rotatable bonds is 3. The number of piperidine rings is 1. The Balaban J connectivity index is 2.20. The molecule has 1 aromatic carbocycles. The molecule has 0 spiro atoms. The number of methoxy groups -OCH3 is 1. The van der Waals surface area contributed by atoms with Gasteiger partial charge in [0.1, 0.15) is 0 Å². The van der Waals surface area contributed by atoms with Gasteiger partial charge in [0.15, 0.2) is 0 Å². The highest BCUT2D eigenvalue weighted by molar-refractivity contribution is 5.94. The molecule has 1 fully saturated rings. The predicted molar refractivity (Wildman–Crippen MR) is 71.6 cm³/mol. The lowest BCUT2D eigenvalue weighted by Gasteiger charge is -2.34. The smallest absolute Gasteiger partial charge is 0.248 e. The first-order chi connectivity index (χ1) is 8.61. The van der Waals surface area contributed by atoms with Crippen LogP contribution in [0.2, 0.25) is 0 Å². The fourth-order valence-electron chi connectivity index (χ4n) is 2.35. The average Bonchev–Trinajstić information content (AvgIpc) is 2.38. The van der Waals surface area contributed by atoms with E-state index < -0.39 is 5.91 Å². The van der Waals surface area contributed by atoms with Gasteiger partial charge in [0, 0.05) is 25.8 Å². The van der Waals surface area contributed by atoms with E-state index in [9.17, 15) is 4.79 Å². The molecule has 5 heteroatoms. The third-order valence-electron chi connectivity index (χ3n) is 3.36. The molecule has 0 bridgehead atoms. The minimum absolute atomic E-state index is 0.244. The maximum absolute atomic E-state index is 11.1. The van der Waals surface area contributed by atoms with Gasteiger partial charge in [0.25, 0.3) is 0 Å². The summed E-state index contributed by atoms with van der Waals surface area (Å²) in [4.78, 5) is 13.3.